The molecule has 2 aromatic rings. The molecule has 21 heavy (non-hydrogen) atoms. The van der Waals surface area contributed by atoms with Crippen LogP contribution >= 0.6 is 27.7 Å². The molecule has 2 rings (SSSR count). The van der Waals surface area contributed by atoms with E-state index in [1.165, 1.54) is 18.9 Å². The van der Waals surface area contributed by atoms with E-state index in [0.717, 1.165) is 10.0 Å². The van der Waals surface area contributed by atoms with Crippen molar-refractivity contribution in [2.45, 2.75) is 11.8 Å². The van der Waals surface area contributed by atoms with Crippen LogP contribution in [0.4, 0.5) is 0 Å². The van der Waals surface area contributed by atoms with Crippen LogP contribution in [0.3, 0.4) is 0 Å². The molecule has 0 aliphatic heterocycles. The first-order chi connectivity index (χ1) is 10.1. The highest BCUT2D eigenvalue weighted by Crippen LogP contribution is 2.22. The summed E-state index contributed by atoms with van der Waals surface area (Å²) in [6.45, 7) is 0. The van der Waals surface area contributed by atoms with Gasteiger partial charge < -0.3 is 14.9 Å². The van der Waals surface area contributed by atoms with E-state index in [1.807, 2.05) is 24.3 Å². The number of carbonyl (C=O) groups excluding carboxylic acids is 1. The Bertz CT molecular complexity index is 603. The van der Waals surface area contributed by atoms with Gasteiger partial charge in [-0.3, -0.25) is 4.79 Å². The van der Waals surface area contributed by atoms with Crippen molar-refractivity contribution in [3.8, 4) is 11.5 Å². The van der Waals surface area contributed by atoms with Gasteiger partial charge >= 0.3 is 5.97 Å². The largest absolute Gasteiger partial charge is 0.468 e. The minimum atomic E-state index is -0.645. The third kappa shape index (κ3) is 4.55. The molecule has 2 N–H and O–H groups in total. The number of esters is 1. The molecule has 112 valence electrons. The Kier molecular flexibility index (Phi) is 5.77. The molecule has 8 heteroatoms. The molecule has 1 aromatic heterocycles. The lowest BCUT2D eigenvalue weighted by atomic mass is 10.2. The fourth-order valence-electron chi connectivity index (χ4n) is 1.51. The van der Waals surface area contributed by atoms with Gasteiger partial charge in [-0.2, -0.15) is 0 Å². The number of halogens is 1. The SMILES string of the molecule is COC(=O)C(N)CSCc1nnc(-c2ccc(Br)cc2)o1. The zero-order valence-electron chi connectivity index (χ0n) is 11.3. The van der Waals surface area contributed by atoms with Crippen molar-refractivity contribution in [1.82, 2.24) is 10.2 Å². The Hall–Kier alpha value is -1.38. The Labute approximate surface area is 134 Å². The molecule has 0 saturated carbocycles. The van der Waals surface area contributed by atoms with Crippen LogP contribution in [0.1, 0.15) is 5.89 Å². The molecular formula is C13H14BrN3O3S. The Morgan fingerprint density at radius 1 is 1.43 bits per heavy atom. The molecule has 0 aliphatic carbocycles. The van der Waals surface area contributed by atoms with E-state index in [-0.39, 0.29) is 0 Å². The van der Waals surface area contributed by atoms with Crippen LogP contribution in [0.2, 0.25) is 0 Å². The average molecular weight is 372 g/mol. The summed E-state index contributed by atoms with van der Waals surface area (Å²) in [4.78, 5) is 11.2. The second kappa shape index (κ2) is 7.58. The number of rotatable bonds is 6. The number of benzene rings is 1. The molecule has 0 radical (unpaired) electrons. The molecule has 1 heterocycles. The molecule has 0 amide bonds. The molecule has 0 saturated heterocycles. The van der Waals surface area contributed by atoms with E-state index in [9.17, 15) is 4.79 Å². The van der Waals surface area contributed by atoms with Crippen LogP contribution in [0.15, 0.2) is 33.2 Å². The number of nitrogens with two attached hydrogens (primary N) is 1. The first-order valence-electron chi connectivity index (χ1n) is 6.09. The lowest BCUT2D eigenvalue weighted by Crippen LogP contribution is -2.33. The summed E-state index contributed by atoms with van der Waals surface area (Å²) in [5.41, 5.74) is 6.49. The topological polar surface area (TPSA) is 91.2 Å². The van der Waals surface area contributed by atoms with Gasteiger partial charge in [0.1, 0.15) is 6.04 Å². The smallest absolute Gasteiger partial charge is 0.323 e. The molecule has 1 unspecified atom stereocenters. The van der Waals surface area contributed by atoms with Crippen LogP contribution < -0.4 is 5.73 Å². The van der Waals surface area contributed by atoms with E-state index in [4.69, 9.17) is 10.2 Å². The molecule has 0 spiro atoms. The van der Waals surface area contributed by atoms with Crippen molar-refractivity contribution in [3.05, 3.63) is 34.6 Å². The van der Waals surface area contributed by atoms with Gasteiger partial charge in [-0.15, -0.1) is 22.0 Å². The maximum absolute atomic E-state index is 11.2. The minimum absolute atomic E-state index is 0.427. The molecule has 0 bridgehead atoms. The van der Waals surface area contributed by atoms with Crippen molar-refractivity contribution in [2.24, 2.45) is 5.73 Å². The van der Waals surface area contributed by atoms with Crippen LogP contribution in [0.25, 0.3) is 11.5 Å². The predicted octanol–water partition coefficient (Wildman–Crippen LogP) is 2.23. The van der Waals surface area contributed by atoms with Gasteiger partial charge in [0.15, 0.2) is 0 Å². The minimum Gasteiger partial charge on any atom is -0.468 e. The van der Waals surface area contributed by atoms with Crippen LogP contribution in [0, 0.1) is 0 Å². The quantitative estimate of drug-likeness (QED) is 0.778. The number of thioether (sulfide) groups is 1. The van der Waals surface area contributed by atoms with Crippen LogP contribution in [0.5, 0.6) is 0 Å². The van der Waals surface area contributed by atoms with Crippen LogP contribution in [-0.4, -0.2) is 35.1 Å². The Morgan fingerprint density at radius 2 is 2.14 bits per heavy atom. The third-order valence-corrected chi connectivity index (χ3v) is 4.16. The fourth-order valence-corrected chi connectivity index (χ4v) is 2.58. The van der Waals surface area contributed by atoms with Gasteiger partial charge in [0.25, 0.3) is 0 Å². The standard InChI is InChI=1S/C13H14BrN3O3S/c1-19-13(18)10(15)6-21-7-11-16-17-12(20-11)8-2-4-9(14)5-3-8/h2-5,10H,6-7,15H2,1H3. The monoisotopic (exact) mass is 371 g/mol. The summed E-state index contributed by atoms with van der Waals surface area (Å²) in [5.74, 6) is 1.46. The zero-order chi connectivity index (χ0) is 15.2. The number of aromatic nitrogens is 2. The molecular weight excluding hydrogens is 358 g/mol. The molecule has 1 aromatic carbocycles. The number of carbonyl (C=O) groups is 1. The summed E-state index contributed by atoms with van der Waals surface area (Å²) in [6, 6.07) is 6.95. The lowest BCUT2D eigenvalue weighted by molar-refractivity contribution is -0.141. The highest BCUT2D eigenvalue weighted by molar-refractivity contribution is 9.10. The maximum Gasteiger partial charge on any atom is 0.323 e. The number of hydrogen-bond donors (Lipinski definition) is 1. The molecule has 0 fully saturated rings. The Balaban J connectivity index is 1.89. The molecule has 0 aliphatic rings. The third-order valence-electron chi connectivity index (χ3n) is 2.58. The predicted molar refractivity (Wildman–Crippen MR) is 83.6 cm³/mol. The van der Waals surface area contributed by atoms with Gasteiger partial charge in [-0.1, -0.05) is 15.9 Å². The van der Waals surface area contributed by atoms with E-state index in [0.29, 0.717) is 23.3 Å². The van der Waals surface area contributed by atoms with Gasteiger partial charge in [-0.05, 0) is 24.3 Å². The van der Waals surface area contributed by atoms with E-state index in [2.05, 4.69) is 30.9 Å². The van der Waals surface area contributed by atoms with Gasteiger partial charge in [-0.25, -0.2) is 0 Å². The van der Waals surface area contributed by atoms with Crippen molar-refractivity contribution in [2.75, 3.05) is 12.9 Å². The summed E-state index contributed by atoms with van der Waals surface area (Å²) < 4.78 is 11.1. The molecule has 1 atom stereocenters. The number of hydrogen-bond acceptors (Lipinski definition) is 7. The summed E-state index contributed by atoms with van der Waals surface area (Å²) in [5, 5.41) is 7.97. The summed E-state index contributed by atoms with van der Waals surface area (Å²) in [7, 11) is 1.31. The first kappa shape index (κ1) is 16.0. The van der Waals surface area contributed by atoms with Crippen molar-refractivity contribution >= 4 is 33.7 Å². The van der Waals surface area contributed by atoms with Crippen molar-refractivity contribution in [3.63, 3.8) is 0 Å². The molecule has 6 nitrogen and oxygen atoms in total. The number of ether oxygens (including phenoxy) is 1. The highest BCUT2D eigenvalue weighted by atomic mass is 79.9. The summed E-state index contributed by atoms with van der Waals surface area (Å²) >= 11 is 4.81. The Morgan fingerprint density at radius 3 is 2.81 bits per heavy atom. The number of methoxy groups -OCH3 is 1. The second-order valence-corrected chi connectivity index (χ2v) is 6.10. The van der Waals surface area contributed by atoms with Crippen LogP contribution in [-0.2, 0) is 15.3 Å². The second-order valence-electron chi connectivity index (χ2n) is 4.15. The first-order valence-corrected chi connectivity index (χ1v) is 8.04. The van der Waals surface area contributed by atoms with E-state index < -0.39 is 12.0 Å². The van der Waals surface area contributed by atoms with Gasteiger partial charge in [0.05, 0.1) is 12.9 Å². The van der Waals surface area contributed by atoms with E-state index in [1.54, 1.807) is 0 Å². The van der Waals surface area contributed by atoms with Crippen molar-refractivity contribution in [1.29, 1.82) is 0 Å². The maximum atomic E-state index is 11.2. The van der Waals surface area contributed by atoms with Gasteiger partial charge in [0, 0.05) is 15.8 Å². The highest BCUT2D eigenvalue weighted by Gasteiger charge is 2.14. The normalized spacial score (nSPS) is 12.1. The summed E-state index contributed by atoms with van der Waals surface area (Å²) in [6.07, 6.45) is 0. The average Bonchev–Trinajstić information content (AvgIpc) is 2.95. The van der Waals surface area contributed by atoms with E-state index >= 15 is 0 Å². The number of nitrogens with zero attached hydrogens (tertiary/aromatic N) is 2. The van der Waals surface area contributed by atoms with Gasteiger partial charge in [0.2, 0.25) is 11.8 Å². The lowest BCUT2D eigenvalue weighted by Gasteiger charge is -2.06. The van der Waals surface area contributed by atoms with Crippen molar-refractivity contribution < 1.29 is 13.9 Å². The zero-order valence-corrected chi connectivity index (χ0v) is 13.7. The fraction of sp³-hybridized carbons (Fsp3) is 0.308.